The molecule has 0 unspecified atom stereocenters. The van der Waals surface area contributed by atoms with Gasteiger partial charge in [-0.3, -0.25) is 0 Å². The number of aromatic nitrogens is 2. The number of rotatable bonds is 2. The molecule has 96 valence electrons. The van der Waals surface area contributed by atoms with Crippen molar-refractivity contribution >= 4 is 0 Å². The fourth-order valence-corrected chi connectivity index (χ4v) is 2.10. The number of hydrogen-bond acceptors (Lipinski definition) is 2. The molecule has 2 rings (SSSR count). The van der Waals surface area contributed by atoms with Crippen LogP contribution >= 0.6 is 0 Å². The van der Waals surface area contributed by atoms with Crippen molar-refractivity contribution < 1.29 is 4.39 Å². The van der Waals surface area contributed by atoms with Crippen molar-refractivity contribution in [3.05, 3.63) is 46.5 Å². The maximum absolute atomic E-state index is 13.7. The summed E-state index contributed by atoms with van der Waals surface area (Å²) in [5.74, 6) is -0.229. The fourth-order valence-electron chi connectivity index (χ4n) is 2.10. The third-order valence-corrected chi connectivity index (χ3v) is 3.04. The Bertz CT molecular complexity index is 585. The highest BCUT2D eigenvalue weighted by Crippen LogP contribution is 2.25. The molecule has 2 N–H and O–H groups in total. The first kappa shape index (κ1) is 12.8. The third-order valence-electron chi connectivity index (χ3n) is 3.04. The molecule has 1 aromatic carbocycles. The first-order valence-electron chi connectivity index (χ1n) is 5.99. The molecule has 1 atom stereocenters. The van der Waals surface area contributed by atoms with E-state index < -0.39 is 0 Å². The Morgan fingerprint density at radius 2 is 1.89 bits per heavy atom. The number of benzene rings is 1. The van der Waals surface area contributed by atoms with Crippen LogP contribution in [0.15, 0.2) is 18.2 Å². The standard InChI is InChI=1S/C14H18FN3/c1-8-5-14(12(11(4)16)7-13(8)15)18-10(3)6-9(2)17-18/h5-7,11H,16H2,1-4H3/t11-/m1/s1. The second-order valence-corrected chi connectivity index (χ2v) is 4.79. The topological polar surface area (TPSA) is 43.8 Å². The van der Waals surface area contributed by atoms with Crippen LogP contribution in [0.1, 0.15) is 35.5 Å². The van der Waals surface area contributed by atoms with Gasteiger partial charge in [-0.2, -0.15) is 5.10 Å². The average Bonchev–Trinajstić information content (AvgIpc) is 2.61. The molecule has 0 spiro atoms. The summed E-state index contributed by atoms with van der Waals surface area (Å²) in [5, 5.41) is 4.43. The zero-order valence-corrected chi connectivity index (χ0v) is 11.2. The van der Waals surface area contributed by atoms with Crippen molar-refractivity contribution in [1.29, 1.82) is 0 Å². The predicted octanol–water partition coefficient (Wildman–Crippen LogP) is 2.96. The Hall–Kier alpha value is -1.68. The molecule has 0 fully saturated rings. The van der Waals surface area contributed by atoms with Crippen LogP contribution < -0.4 is 5.73 Å². The summed E-state index contributed by atoms with van der Waals surface area (Å²) in [7, 11) is 0. The largest absolute Gasteiger partial charge is 0.324 e. The third kappa shape index (κ3) is 2.16. The molecule has 0 aliphatic heterocycles. The summed E-state index contributed by atoms with van der Waals surface area (Å²) in [4.78, 5) is 0. The maximum Gasteiger partial charge on any atom is 0.126 e. The van der Waals surface area contributed by atoms with Crippen LogP contribution in [0, 0.1) is 26.6 Å². The second-order valence-electron chi connectivity index (χ2n) is 4.79. The van der Waals surface area contributed by atoms with Crippen LogP contribution in [0.4, 0.5) is 4.39 Å². The lowest BCUT2D eigenvalue weighted by atomic mass is 10.0. The lowest BCUT2D eigenvalue weighted by Crippen LogP contribution is -2.12. The molecule has 0 radical (unpaired) electrons. The van der Waals surface area contributed by atoms with Crippen molar-refractivity contribution in [1.82, 2.24) is 9.78 Å². The van der Waals surface area contributed by atoms with Gasteiger partial charge in [-0.1, -0.05) is 0 Å². The van der Waals surface area contributed by atoms with Crippen LogP contribution in [0.25, 0.3) is 5.69 Å². The van der Waals surface area contributed by atoms with Crippen LogP contribution in [0.2, 0.25) is 0 Å². The van der Waals surface area contributed by atoms with Gasteiger partial charge >= 0.3 is 0 Å². The first-order valence-corrected chi connectivity index (χ1v) is 5.99. The molecule has 4 heteroatoms. The SMILES string of the molecule is Cc1cc(C)n(-c2cc(C)c(F)cc2[C@@H](C)N)n1. The highest BCUT2D eigenvalue weighted by Gasteiger charge is 2.14. The van der Waals surface area contributed by atoms with E-state index in [1.54, 1.807) is 13.0 Å². The molecule has 1 heterocycles. The van der Waals surface area contributed by atoms with E-state index in [2.05, 4.69) is 5.10 Å². The highest BCUT2D eigenvalue weighted by atomic mass is 19.1. The predicted molar refractivity (Wildman–Crippen MR) is 70.3 cm³/mol. The van der Waals surface area contributed by atoms with E-state index in [0.717, 1.165) is 22.6 Å². The molecule has 18 heavy (non-hydrogen) atoms. The average molecular weight is 247 g/mol. The number of nitrogens with zero attached hydrogens (tertiary/aromatic N) is 2. The lowest BCUT2D eigenvalue weighted by molar-refractivity contribution is 0.610. The Labute approximate surface area is 106 Å². The van der Waals surface area contributed by atoms with E-state index in [-0.39, 0.29) is 11.9 Å². The van der Waals surface area contributed by atoms with E-state index in [9.17, 15) is 4.39 Å². The molecular weight excluding hydrogens is 229 g/mol. The second kappa shape index (κ2) is 4.53. The summed E-state index contributed by atoms with van der Waals surface area (Å²) in [6, 6.07) is 5.06. The number of nitrogens with two attached hydrogens (primary N) is 1. The summed E-state index contributed by atoms with van der Waals surface area (Å²) in [6.07, 6.45) is 0. The molecular formula is C14H18FN3. The molecule has 0 saturated heterocycles. The maximum atomic E-state index is 13.7. The lowest BCUT2D eigenvalue weighted by Gasteiger charge is -2.15. The molecule has 0 saturated carbocycles. The Morgan fingerprint density at radius 1 is 1.22 bits per heavy atom. The normalized spacial score (nSPS) is 12.8. The van der Waals surface area contributed by atoms with Crippen molar-refractivity contribution in [3.63, 3.8) is 0 Å². The quantitative estimate of drug-likeness (QED) is 0.886. The van der Waals surface area contributed by atoms with Crippen LogP contribution in [0.5, 0.6) is 0 Å². The van der Waals surface area contributed by atoms with Gasteiger partial charge in [-0.25, -0.2) is 9.07 Å². The van der Waals surface area contributed by atoms with E-state index in [0.29, 0.717) is 5.56 Å². The highest BCUT2D eigenvalue weighted by molar-refractivity contribution is 5.46. The number of hydrogen-bond donors (Lipinski definition) is 1. The summed E-state index contributed by atoms with van der Waals surface area (Å²) < 4.78 is 15.5. The van der Waals surface area contributed by atoms with Gasteiger partial charge < -0.3 is 5.73 Å². The van der Waals surface area contributed by atoms with E-state index >= 15 is 0 Å². The van der Waals surface area contributed by atoms with Crippen molar-refractivity contribution in [2.45, 2.75) is 33.7 Å². The minimum Gasteiger partial charge on any atom is -0.324 e. The monoisotopic (exact) mass is 247 g/mol. The number of aryl methyl sites for hydroxylation is 3. The van der Waals surface area contributed by atoms with Crippen LogP contribution in [-0.4, -0.2) is 9.78 Å². The van der Waals surface area contributed by atoms with Gasteiger partial charge in [0.2, 0.25) is 0 Å². The van der Waals surface area contributed by atoms with Gasteiger partial charge in [0.15, 0.2) is 0 Å². The smallest absolute Gasteiger partial charge is 0.126 e. The zero-order chi connectivity index (χ0) is 13.4. The van der Waals surface area contributed by atoms with Gasteiger partial charge in [0.1, 0.15) is 5.82 Å². The first-order chi connectivity index (χ1) is 8.40. The van der Waals surface area contributed by atoms with Crippen molar-refractivity contribution in [3.8, 4) is 5.69 Å². The van der Waals surface area contributed by atoms with Crippen molar-refractivity contribution in [2.24, 2.45) is 5.73 Å². The van der Waals surface area contributed by atoms with E-state index in [1.807, 2.05) is 31.5 Å². The molecule has 0 amide bonds. The molecule has 0 aliphatic carbocycles. The molecule has 0 bridgehead atoms. The van der Waals surface area contributed by atoms with Gasteiger partial charge in [0.25, 0.3) is 0 Å². The molecule has 3 nitrogen and oxygen atoms in total. The van der Waals surface area contributed by atoms with Crippen LogP contribution in [0.3, 0.4) is 0 Å². The molecule has 1 aromatic heterocycles. The van der Waals surface area contributed by atoms with Gasteiger partial charge in [0.05, 0.1) is 11.4 Å². The van der Waals surface area contributed by atoms with Gasteiger partial charge in [-0.15, -0.1) is 0 Å². The van der Waals surface area contributed by atoms with E-state index in [1.165, 1.54) is 6.07 Å². The Morgan fingerprint density at radius 3 is 2.39 bits per heavy atom. The summed E-state index contributed by atoms with van der Waals surface area (Å²) >= 11 is 0. The Kier molecular flexibility index (Phi) is 3.22. The van der Waals surface area contributed by atoms with Gasteiger partial charge in [0, 0.05) is 11.7 Å². The summed E-state index contributed by atoms with van der Waals surface area (Å²) in [6.45, 7) is 7.50. The summed E-state index contributed by atoms with van der Waals surface area (Å²) in [5.41, 5.74) is 10.1. The minimum absolute atomic E-state index is 0.229. The molecule has 2 aromatic rings. The zero-order valence-electron chi connectivity index (χ0n) is 11.2. The van der Waals surface area contributed by atoms with Crippen molar-refractivity contribution in [2.75, 3.05) is 0 Å². The Balaban J connectivity index is 2.69. The minimum atomic E-state index is -0.237. The van der Waals surface area contributed by atoms with E-state index in [4.69, 9.17) is 5.73 Å². The van der Waals surface area contributed by atoms with Gasteiger partial charge in [-0.05, 0) is 57.0 Å². The fraction of sp³-hybridized carbons (Fsp3) is 0.357. The van der Waals surface area contributed by atoms with Crippen LogP contribution in [-0.2, 0) is 0 Å². The number of halogens is 1. The molecule has 0 aliphatic rings.